The molecule has 0 saturated carbocycles. The number of aryl methyl sites for hydroxylation is 1. The second-order valence-corrected chi connectivity index (χ2v) is 6.60. The third-order valence-electron chi connectivity index (χ3n) is 4.60. The number of ether oxygens (including phenoxy) is 2. The molecule has 2 aromatic carbocycles. The molecule has 0 saturated heterocycles. The molecule has 0 radical (unpaired) electrons. The lowest BCUT2D eigenvalue weighted by molar-refractivity contribution is 0.171. The summed E-state index contributed by atoms with van der Waals surface area (Å²) in [5.41, 5.74) is 3.40. The summed E-state index contributed by atoms with van der Waals surface area (Å²) >= 11 is 0. The number of carbonyl (C=O) groups excluding carboxylic acids is 1. The molecular formula is C21H26N2O3. The van der Waals surface area contributed by atoms with Gasteiger partial charge in [0, 0.05) is 13.6 Å². The molecule has 1 unspecified atom stereocenters. The molecule has 0 aromatic heterocycles. The van der Waals surface area contributed by atoms with Crippen molar-refractivity contribution in [1.82, 2.24) is 10.2 Å². The summed E-state index contributed by atoms with van der Waals surface area (Å²) in [5, 5.41) is 3.05. The normalized spacial score (nSPS) is 13.8. The fourth-order valence-corrected chi connectivity index (χ4v) is 2.95. The molecule has 1 heterocycles. The summed E-state index contributed by atoms with van der Waals surface area (Å²) in [7, 11) is 1.79. The maximum absolute atomic E-state index is 12.5. The van der Waals surface area contributed by atoms with Crippen LogP contribution in [0.3, 0.4) is 0 Å². The zero-order valence-electron chi connectivity index (χ0n) is 15.6. The van der Waals surface area contributed by atoms with Crippen molar-refractivity contribution in [3.63, 3.8) is 0 Å². The number of fused-ring (bicyclic) bond motifs is 1. The number of hydrogen-bond acceptors (Lipinski definition) is 3. The van der Waals surface area contributed by atoms with Gasteiger partial charge in [0.1, 0.15) is 13.2 Å². The average molecular weight is 354 g/mol. The van der Waals surface area contributed by atoms with E-state index in [-0.39, 0.29) is 12.1 Å². The Kier molecular flexibility index (Phi) is 5.66. The van der Waals surface area contributed by atoms with Crippen LogP contribution in [0, 0.1) is 0 Å². The maximum atomic E-state index is 12.5. The van der Waals surface area contributed by atoms with E-state index in [2.05, 4.69) is 36.5 Å². The van der Waals surface area contributed by atoms with Crippen LogP contribution in [0.25, 0.3) is 0 Å². The molecule has 2 aromatic rings. The molecule has 5 heteroatoms. The van der Waals surface area contributed by atoms with Crippen molar-refractivity contribution < 1.29 is 14.3 Å². The van der Waals surface area contributed by atoms with Crippen LogP contribution in [0.4, 0.5) is 4.79 Å². The van der Waals surface area contributed by atoms with E-state index in [0.29, 0.717) is 19.8 Å². The Bertz CT molecular complexity index is 758. The van der Waals surface area contributed by atoms with Crippen molar-refractivity contribution in [3.8, 4) is 11.5 Å². The van der Waals surface area contributed by atoms with Crippen LogP contribution in [0.1, 0.15) is 36.6 Å². The number of nitrogens with zero attached hydrogens (tertiary/aromatic N) is 1. The molecule has 3 rings (SSSR count). The largest absolute Gasteiger partial charge is 0.486 e. The van der Waals surface area contributed by atoms with Crippen LogP contribution in [0.5, 0.6) is 11.5 Å². The van der Waals surface area contributed by atoms with Crippen molar-refractivity contribution >= 4 is 6.03 Å². The summed E-state index contributed by atoms with van der Waals surface area (Å²) in [6.45, 7) is 5.76. The van der Waals surface area contributed by atoms with Crippen molar-refractivity contribution in [2.24, 2.45) is 0 Å². The summed E-state index contributed by atoms with van der Waals surface area (Å²) in [5.74, 6) is 1.50. The smallest absolute Gasteiger partial charge is 0.317 e. The zero-order chi connectivity index (χ0) is 18.5. The van der Waals surface area contributed by atoms with Gasteiger partial charge in [-0.2, -0.15) is 0 Å². The fraction of sp³-hybridized carbons (Fsp3) is 0.381. The van der Waals surface area contributed by atoms with Crippen molar-refractivity contribution in [2.45, 2.75) is 32.9 Å². The fourth-order valence-electron chi connectivity index (χ4n) is 2.95. The first-order valence-corrected chi connectivity index (χ1v) is 9.06. The molecule has 0 fully saturated rings. The minimum atomic E-state index is -0.105. The molecule has 1 aliphatic rings. The molecule has 0 bridgehead atoms. The highest BCUT2D eigenvalue weighted by atomic mass is 16.6. The van der Waals surface area contributed by atoms with Gasteiger partial charge >= 0.3 is 6.03 Å². The number of hydrogen-bond donors (Lipinski definition) is 1. The topological polar surface area (TPSA) is 50.8 Å². The molecule has 138 valence electrons. The molecule has 0 aliphatic carbocycles. The van der Waals surface area contributed by atoms with E-state index >= 15 is 0 Å². The van der Waals surface area contributed by atoms with Gasteiger partial charge in [-0.15, -0.1) is 0 Å². The molecule has 26 heavy (non-hydrogen) atoms. The highest BCUT2D eigenvalue weighted by Gasteiger charge is 2.16. The zero-order valence-corrected chi connectivity index (χ0v) is 15.6. The molecule has 1 N–H and O–H groups in total. The van der Waals surface area contributed by atoms with Crippen molar-refractivity contribution in [1.29, 1.82) is 0 Å². The van der Waals surface area contributed by atoms with Crippen LogP contribution in [0.15, 0.2) is 42.5 Å². The molecule has 5 nitrogen and oxygen atoms in total. The summed E-state index contributed by atoms with van der Waals surface area (Å²) in [4.78, 5) is 14.2. The molecule has 2 amide bonds. The Morgan fingerprint density at radius 3 is 2.42 bits per heavy atom. The summed E-state index contributed by atoms with van der Waals surface area (Å²) in [6.07, 6.45) is 1.01. The second-order valence-electron chi connectivity index (χ2n) is 6.60. The monoisotopic (exact) mass is 354 g/mol. The summed E-state index contributed by atoms with van der Waals surface area (Å²) in [6, 6.07) is 14.0. The maximum Gasteiger partial charge on any atom is 0.317 e. The van der Waals surface area contributed by atoms with E-state index in [1.165, 1.54) is 5.56 Å². The lowest BCUT2D eigenvalue weighted by Crippen LogP contribution is -2.38. The Hall–Kier alpha value is -2.69. The Morgan fingerprint density at radius 2 is 1.73 bits per heavy atom. The predicted octanol–water partition coefficient (Wildman–Crippen LogP) is 3.92. The molecule has 1 aliphatic heterocycles. The summed E-state index contributed by atoms with van der Waals surface area (Å²) < 4.78 is 11.1. The van der Waals surface area contributed by atoms with Gasteiger partial charge in [-0.3, -0.25) is 0 Å². The number of rotatable bonds is 5. The molecule has 0 spiro atoms. The third-order valence-corrected chi connectivity index (χ3v) is 4.60. The van der Waals surface area contributed by atoms with Crippen molar-refractivity contribution in [3.05, 3.63) is 59.2 Å². The van der Waals surface area contributed by atoms with Crippen LogP contribution >= 0.6 is 0 Å². The van der Waals surface area contributed by atoms with Gasteiger partial charge < -0.3 is 19.7 Å². The number of benzene rings is 2. The van der Waals surface area contributed by atoms with Gasteiger partial charge in [0.15, 0.2) is 11.5 Å². The van der Waals surface area contributed by atoms with E-state index in [9.17, 15) is 4.79 Å². The average Bonchev–Trinajstić information content (AvgIpc) is 2.67. The second kappa shape index (κ2) is 8.13. The minimum absolute atomic E-state index is 0.0453. The van der Waals surface area contributed by atoms with E-state index < -0.39 is 0 Å². The van der Waals surface area contributed by atoms with E-state index in [4.69, 9.17) is 9.47 Å². The highest BCUT2D eigenvalue weighted by molar-refractivity contribution is 5.74. The van der Waals surface area contributed by atoms with Gasteiger partial charge in [0.25, 0.3) is 0 Å². The van der Waals surface area contributed by atoms with Crippen molar-refractivity contribution in [2.75, 3.05) is 20.3 Å². The molecular weight excluding hydrogens is 328 g/mol. The minimum Gasteiger partial charge on any atom is -0.486 e. The van der Waals surface area contributed by atoms with Gasteiger partial charge in [0.05, 0.1) is 6.04 Å². The number of nitrogens with one attached hydrogen (secondary N) is 1. The highest BCUT2D eigenvalue weighted by Crippen LogP contribution is 2.31. The van der Waals surface area contributed by atoms with E-state index in [1.807, 2.05) is 25.1 Å². The molecule has 1 atom stereocenters. The SMILES string of the molecule is CCc1ccc(C(C)NC(=O)N(C)Cc2ccc3c(c2)OCCO3)cc1. The van der Waals surface area contributed by atoms with Gasteiger partial charge in [-0.1, -0.05) is 37.3 Å². The lowest BCUT2D eigenvalue weighted by Gasteiger charge is -2.23. The van der Waals surface area contributed by atoms with Gasteiger partial charge in [-0.05, 0) is 42.2 Å². The Labute approximate surface area is 154 Å². The number of carbonyl (C=O) groups is 1. The Balaban J connectivity index is 1.58. The Morgan fingerprint density at radius 1 is 1.08 bits per heavy atom. The van der Waals surface area contributed by atoms with Crippen LogP contribution < -0.4 is 14.8 Å². The van der Waals surface area contributed by atoms with Gasteiger partial charge in [-0.25, -0.2) is 4.79 Å². The van der Waals surface area contributed by atoms with Crippen LogP contribution in [-0.4, -0.2) is 31.2 Å². The first kappa shape index (κ1) is 18.1. The number of amides is 2. The van der Waals surface area contributed by atoms with E-state index in [0.717, 1.165) is 29.0 Å². The lowest BCUT2D eigenvalue weighted by atomic mass is 10.1. The van der Waals surface area contributed by atoms with Crippen LogP contribution in [0.2, 0.25) is 0 Å². The quantitative estimate of drug-likeness (QED) is 0.885. The standard InChI is InChI=1S/C21H26N2O3/c1-4-16-5-8-18(9-6-16)15(2)22-21(24)23(3)14-17-7-10-19-20(13-17)26-12-11-25-19/h5-10,13,15H,4,11-12,14H2,1-3H3,(H,22,24). The number of urea groups is 1. The first-order chi connectivity index (χ1) is 12.6. The van der Waals surface area contributed by atoms with Crippen LogP contribution in [-0.2, 0) is 13.0 Å². The van der Waals surface area contributed by atoms with E-state index in [1.54, 1.807) is 11.9 Å². The van der Waals surface area contributed by atoms with Gasteiger partial charge in [0.2, 0.25) is 0 Å². The first-order valence-electron chi connectivity index (χ1n) is 9.06. The predicted molar refractivity (Wildman–Crippen MR) is 102 cm³/mol. The third kappa shape index (κ3) is 4.28.